The zero-order valence-corrected chi connectivity index (χ0v) is 13.5. The van der Waals surface area contributed by atoms with Gasteiger partial charge in [0.1, 0.15) is 6.61 Å². The van der Waals surface area contributed by atoms with Gasteiger partial charge in [0.25, 0.3) is 0 Å². The molecule has 1 aliphatic rings. The van der Waals surface area contributed by atoms with Gasteiger partial charge in [-0.25, -0.2) is 0 Å². The van der Waals surface area contributed by atoms with E-state index in [2.05, 4.69) is 24.2 Å². The number of piperidine rings is 1. The minimum atomic E-state index is 0.586. The van der Waals surface area contributed by atoms with E-state index in [1.807, 2.05) is 24.3 Å². The van der Waals surface area contributed by atoms with Crippen molar-refractivity contribution in [2.75, 3.05) is 40.4 Å². The predicted molar refractivity (Wildman–Crippen MR) is 86.2 cm³/mol. The number of ether oxygens (including phenoxy) is 2. The van der Waals surface area contributed by atoms with Crippen molar-refractivity contribution in [3.8, 4) is 11.5 Å². The van der Waals surface area contributed by atoms with Crippen LogP contribution in [0.5, 0.6) is 11.5 Å². The van der Waals surface area contributed by atoms with E-state index in [-0.39, 0.29) is 0 Å². The van der Waals surface area contributed by atoms with E-state index in [1.54, 1.807) is 7.11 Å². The molecule has 118 valence electrons. The summed E-state index contributed by atoms with van der Waals surface area (Å²) in [6.45, 7) is 6.31. The van der Waals surface area contributed by atoms with Crippen molar-refractivity contribution in [3.63, 3.8) is 0 Å². The van der Waals surface area contributed by atoms with E-state index in [0.29, 0.717) is 12.6 Å². The summed E-state index contributed by atoms with van der Waals surface area (Å²) in [7, 11) is 3.73. The van der Waals surface area contributed by atoms with Crippen molar-refractivity contribution >= 4 is 0 Å². The van der Waals surface area contributed by atoms with Crippen LogP contribution in [0.4, 0.5) is 0 Å². The fourth-order valence-electron chi connectivity index (χ4n) is 2.96. The number of nitrogens with zero attached hydrogens (tertiary/aromatic N) is 1. The summed E-state index contributed by atoms with van der Waals surface area (Å²) in [6, 6.07) is 8.41. The maximum Gasteiger partial charge on any atom is 0.161 e. The largest absolute Gasteiger partial charge is 0.493 e. The lowest BCUT2D eigenvalue weighted by atomic mass is 9.92. The van der Waals surface area contributed by atoms with Crippen molar-refractivity contribution in [2.24, 2.45) is 5.92 Å². The zero-order chi connectivity index (χ0) is 15.1. The molecule has 0 aliphatic carbocycles. The molecule has 4 nitrogen and oxygen atoms in total. The van der Waals surface area contributed by atoms with Gasteiger partial charge in [0.05, 0.1) is 7.11 Å². The van der Waals surface area contributed by atoms with E-state index in [9.17, 15) is 0 Å². The Morgan fingerprint density at radius 2 is 2.10 bits per heavy atom. The molecule has 1 N–H and O–H groups in total. The molecule has 0 amide bonds. The summed E-state index contributed by atoms with van der Waals surface area (Å²) < 4.78 is 11.2. The number of rotatable bonds is 7. The lowest BCUT2D eigenvalue weighted by Crippen LogP contribution is -2.44. The number of benzene rings is 1. The molecule has 1 aromatic rings. The number of nitrogens with one attached hydrogen (secondary N) is 1. The second kappa shape index (κ2) is 8.25. The van der Waals surface area contributed by atoms with Crippen LogP contribution < -0.4 is 14.8 Å². The molecule has 2 rings (SSSR count). The van der Waals surface area contributed by atoms with E-state index in [0.717, 1.165) is 30.5 Å². The van der Waals surface area contributed by atoms with E-state index < -0.39 is 0 Å². The van der Waals surface area contributed by atoms with Crippen LogP contribution >= 0.6 is 0 Å². The highest BCUT2D eigenvalue weighted by atomic mass is 16.5. The third kappa shape index (κ3) is 4.61. The van der Waals surface area contributed by atoms with Gasteiger partial charge in [0, 0.05) is 19.1 Å². The van der Waals surface area contributed by atoms with Crippen molar-refractivity contribution in [2.45, 2.75) is 25.8 Å². The summed E-state index contributed by atoms with van der Waals surface area (Å²) in [5, 5.41) is 3.38. The number of hydrogen-bond acceptors (Lipinski definition) is 4. The molecule has 0 radical (unpaired) electrons. The number of para-hydroxylation sites is 2. The average molecular weight is 292 g/mol. The Morgan fingerprint density at radius 1 is 1.33 bits per heavy atom. The molecule has 1 aromatic carbocycles. The fraction of sp³-hybridized carbons (Fsp3) is 0.647. The van der Waals surface area contributed by atoms with Crippen molar-refractivity contribution in [3.05, 3.63) is 24.3 Å². The van der Waals surface area contributed by atoms with Crippen LogP contribution in [0.15, 0.2) is 24.3 Å². The maximum absolute atomic E-state index is 5.87. The highest BCUT2D eigenvalue weighted by Crippen LogP contribution is 2.26. The van der Waals surface area contributed by atoms with Gasteiger partial charge in [-0.2, -0.15) is 0 Å². The molecule has 1 fully saturated rings. The van der Waals surface area contributed by atoms with Crippen LogP contribution in [-0.2, 0) is 0 Å². The Balaban J connectivity index is 1.78. The Hall–Kier alpha value is -1.26. The summed E-state index contributed by atoms with van der Waals surface area (Å²) in [5.41, 5.74) is 0. The van der Waals surface area contributed by atoms with Gasteiger partial charge in [0.15, 0.2) is 11.5 Å². The number of methoxy groups -OCH3 is 1. The molecule has 4 heteroatoms. The number of likely N-dealkylation sites (tertiary alicyclic amines) is 1. The fourth-order valence-corrected chi connectivity index (χ4v) is 2.96. The second-order valence-corrected chi connectivity index (χ2v) is 5.78. The highest BCUT2D eigenvalue weighted by Gasteiger charge is 2.23. The molecule has 0 bridgehead atoms. The van der Waals surface area contributed by atoms with Gasteiger partial charge in [-0.15, -0.1) is 0 Å². The molecule has 0 aromatic heterocycles. The minimum Gasteiger partial charge on any atom is -0.493 e. The summed E-state index contributed by atoms with van der Waals surface area (Å²) in [6.07, 6.45) is 2.61. The quantitative estimate of drug-likeness (QED) is 0.837. The number of hydrogen-bond donors (Lipinski definition) is 1. The zero-order valence-electron chi connectivity index (χ0n) is 13.5. The predicted octanol–water partition coefficient (Wildman–Crippen LogP) is 2.39. The molecular formula is C17H28N2O2. The van der Waals surface area contributed by atoms with Gasteiger partial charge >= 0.3 is 0 Å². The van der Waals surface area contributed by atoms with Crippen LogP contribution in [-0.4, -0.2) is 51.3 Å². The summed E-state index contributed by atoms with van der Waals surface area (Å²) >= 11 is 0. The minimum absolute atomic E-state index is 0.586. The van der Waals surface area contributed by atoms with Gasteiger partial charge in [-0.1, -0.05) is 12.1 Å². The topological polar surface area (TPSA) is 33.7 Å². The van der Waals surface area contributed by atoms with Gasteiger partial charge in [-0.3, -0.25) is 4.90 Å². The SMILES string of the molecule is CNC(C)C1CCCN(CCOc2ccccc2OC)C1. The van der Waals surface area contributed by atoms with Crippen LogP contribution in [0.1, 0.15) is 19.8 Å². The Labute approximate surface area is 128 Å². The molecule has 1 saturated heterocycles. The first-order chi connectivity index (χ1) is 10.2. The molecule has 0 spiro atoms. The Kier molecular flexibility index (Phi) is 6.33. The van der Waals surface area contributed by atoms with E-state index in [1.165, 1.54) is 19.4 Å². The molecular weight excluding hydrogens is 264 g/mol. The lowest BCUT2D eigenvalue weighted by molar-refractivity contribution is 0.131. The third-order valence-electron chi connectivity index (χ3n) is 4.44. The summed E-state index contributed by atoms with van der Waals surface area (Å²) in [5.74, 6) is 2.38. The normalized spacial score (nSPS) is 21.0. The second-order valence-electron chi connectivity index (χ2n) is 5.78. The highest BCUT2D eigenvalue weighted by molar-refractivity contribution is 5.39. The molecule has 1 aliphatic heterocycles. The first-order valence-corrected chi connectivity index (χ1v) is 7.90. The maximum atomic E-state index is 5.87. The third-order valence-corrected chi connectivity index (χ3v) is 4.44. The average Bonchev–Trinajstić information content (AvgIpc) is 2.55. The Bertz CT molecular complexity index is 425. The molecule has 2 unspecified atom stereocenters. The first-order valence-electron chi connectivity index (χ1n) is 7.90. The molecule has 0 saturated carbocycles. The van der Waals surface area contributed by atoms with Crippen LogP contribution in [0.25, 0.3) is 0 Å². The smallest absolute Gasteiger partial charge is 0.161 e. The molecule has 2 atom stereocenters. The van der Waals surface area contributed by atoms with Gasteiger partial charge in [-0.05, 0) is 51.4 Å². The summed E-state index contributed by atoms with van der Waals surface area (Å²) in [4.78, 5) is 2.51. The van der Waals surface area contributed by atoms with Crippen molar-refractivity contribution in [1.29, 1.82) is 0 Å². The van der Waals surface area contributed by atoms with Crippen LogP contribution in [0.3, 0.4) is 0 Å². The first kappa shape index (κ1) is 16.1. The van der Waals surface area contributed by atoms with Crippen LogP contribution in [0, 0.1) is 5.92 Å². The monoisotopic (exact) mass is 292 g/mol. The lowest BCUT2D eigenvalue weighted by Gasteiger charge is -2.35. The Morgan fingerprint density at radius 3 is 2.81 bits per heavy atom. The van der Waals surface area contributed by atoms with Crippen molar-refractivity contribution in [1.82, 2.24) is 10.2 Å². The van der Waals surface area contributed by atoms with E-state index >= 15 is 0 Å². The van der Waals surface area contributed by atoms with Crippen molar-refractivity contribution < 1.29 is 9.47 Å². The van der Waals surface area contributed by atoms with E-state index in [4.69, 9.17) is 9.47 Å². The molecule has 21 heavy (non-hydrogen) atoms. The standard InChI is InChI=1S/C17H28N2O2/c1-14(18-2)15-7-6-10-19(13-15)11-12-21-17-9-5-4-8-16(17)20-3/h4-5,8-9,14-15,18H,6-7,10-13H2,1-3H3. The van der Waals surface area contributed by atoms with Gasteiger partial charge in [0.2, 0.25) is 0 Å². The van der Waals surface area contributed by atoms with Gasteiger partial charge < -0.3 is 14.8 Å². The molecule has 1 heterocycles. The van der Waals surface area contributed by atoms with Crippen LogP contribution in [0.2, 0.25) is 0 Å².